The molecular weight excluding hydrogens is 282 g/mol. The third-order valence-electron chi connectivity index (χ3n) is 4.93. The largest absolute Gasteiger partial charge is 0.490 e. The molecule has 22 heavy (non-hydrogen) atoms. The van der Waals surface area contributed by atoms with Crippen molar-refractivity contribution in [1.82, 2.24) is 5.32 Å². The summed E-state index contributed by atoms with van der Waals surface area (Å²) in [7, 11) is 1.53. The fourth-order valence-corrected chi connectivity index (χ4v) is 3.80. The summed E-state index contributed by atoms with van der Waals surface area (Å²) in [5.74, 6) is 1.06. The molecule has 2 bridgehead atoms. The van der Waals surface area contributed by atoms with E-state index in [-0.39, 0.29) is 12.1 Å². The van der Waals surface area contributed by atoms with Gasteiger partial charge in [-0.05, 0) is 37.3 Å². The molecule has 0 spiro atoms. The number of benzene rings is 1. The number of hydrogen-bond donors (Lipinski definition) is 1. The number of carbonyl (C=O) groups excluding carboxylic acids is 1. The molecule has 1 aromatic rings. The van der Waals surface area contributed by atoms with Crippen molar-refractivity contribution in [3.05, 3.63) is 23.8 Å². The summed E-state index contributed by atoms with van der Waals surface area (Å²) in [6.07, 6.45) is 4.93. The van der Waals surface area contributed by atoms with Gasteiger partial charge >= 0.3 is 5.97 Å². The molecule has 3 aliphatic heterocycles. The SMILES string of the molecule is COC1Cc2ccc(OC3C[C@H]4CC[C@@H](C3)N4)cc2OC1=O. The second-order valence-electron chi connectivity index (χ2n) is 6.47. The lowest BCUT2D eigenvalue weighted by molar-refractivity contribution is -0.147. The average molecular weight is 303 g/mol. The van der Waals surface area contributed by atoms with Gasteiger partial charge in [0, 0.05) is 31.7 Å². The molecule has 0 amide bonds. The molecule has 1 N–H and O–H groups in total. The fourth-order valence-electron chi connectivity index (χ4n) is 3.80. The molecule has 0 aromatic heterocycles. The Morgan fingerprint density at radius 2 is 2.00 bits per heavy atom. The Labute approximate surface area is 129 Å². The molecule has 4 atom stereocenters. The first-order valence-corrected chi connectivity index (χ1v) is 8.01. The second kappa shape index (κ2) is 5.56. The maximum absolute atomic E-state index is 11.8. The molecule has 5 heteroatoms. The van der Waals surface area contributed by atoms with E-state index >= 15 is 0 Å². The number of esters is 1. The van der Waals surface area contributed by atoms with Crippen LogP contribution < -0.4 is 14.8 Å². The van der Waals surface area contributed by atoms with Gasteiger partial charge in [0.15, 0.2) is 6.10 Å². The maximum Gasteiger partial charge on any atom is 0.340 e. The van der Waals surface area contributed by atoms with Crippen LogP contribution in [0.2, 0.25) is 0 Å². The number of fused-ring (bicyclic) bond motifs is 3. The number of carbonyl (C=O) groups is 1. The van der Waals surface area contributed by atoms with Crippen LogP contribution in [0.1, 0.15) is 31.2 Å². The topological polar surface area (TPSA) is 56.8 Å². The molecule has 0 saturated carbocycles. The third-order valence-corrected chi connectivity index (χ3v) is 4.93. The predicted molar refractivity (Wildman–Crippen MR) is 80.2 cm³/mol. The van der Waals surface area contributed by atoms with E-state index in [4.69, 9.17) is 14.2 Å². The standard InChI is InChI=1S/C17H21NO4/c1-20-16-6-10-2-5-13(9-15(10)22-17(16)19)21-14-7-11-3-4-12(8-14)18-11/h2,5,9,11-12,14,16,18H,3-4,6-8H2,1H3/t11-,12+,14?,16?. The van der Waals surface area contributed by atoms with Gasteiger partial charge in [0.1, 0.15) is 17.6 Å². The first-order chi connectivity index (χ1) is 10.7. The molecule has 118 valence electrons. The molecular formula is C17H21NO4. The van der Waals surface area contributed by atoms with Crippen LogP contribution in [0.5, 0.6) is 11.5 Å². The summed E-state index contributed by atoms with van der Waals surface area (Å²) in [6, 6.07) is 6.97. The summed E-state index contributed by atoms with van der Waals surface area (Å²) < 4.78 is 16.6. The number of hydrogen-bond acceptors (Lipinski definition) is 5. The Hall–Kier alpha value is -1.59. The quantitative estimate of drug-likeness (QED) is 0.682. The summed E-state index contributed by atoms with van der Waals surface area (Å²) >= 11 is 0. The minimum absolute atomic E-state index is 0.253. The van der Waals surface area contributed by atoms with Crippen LogP contribution in [0.15, 0.2) is 18.2 Å². The van der Waals surface area contributed by atoms with E-state index in [2.05, 4.69) is 5.32 Å². The molecule has 3 aliphatic rings. The Bertz CT molecular complexity index is 576. The van der Waals surface area contributed by atoms with Crippen LogP contribution >= 0.6 is 0 Å². The first-order valence-electron chi connectivity index (χ1n) is 8.01. The predicted octanol–water partition coefficient (Wildman–Crippen LogP) is 1.82. The van der Waals surface area contributed by atoms with E-state index in [1.807, 2.05) is 18.2 Å². The number of ether oxygens (including phenoxy) is 3. The molecule has 0 radical (unpaired) electrons. The van der Waals surface area contributed by atoms with Gasteiger partial charge in [-0.15, -0.1) is 0 Å². The zero-order valence-electron chi connectivity index (χ0n) is 12.7. The average Bonchev–Trinajstić information content (AvgIpc) is 2.85. The molecule has 4 rings (SSSR count). The van der Waals surface area contributed by atoms with Crippen LogP contribution in [-0.4, -0.2) is 37.4 Å². The van der Waals surface area contributed by atoms with Crippen molar-refractivity contribution >= 4 is 5.97 Å². The summed E-state index contributed by atoms with van der Waals surface area (Å²) in [4.78, 5) is 11.8. The van der Waals surface area contributed by atoms with Crippen molar-refractivity contribution in [2.45, 2.75) is 56.4 Å². The van der Waals surface area contributed by atoms with E-state index in [0.29, 0.717) is 24.3 Å². The van der Waals surface area contributed by atoms with Gasteiger partial charge in [-0.2, -0.15) is 0 Å². The number of methoxy groups -OCH3 is 1. The van der Waals surface area contributed by atoms with Crippen molar-refractivity contribution in [3.8, 4) is 11.5 Å². The maximum atomic E-state index is 11.8. The fraction of sp³-hybridized carbons (Fsp3) is 0.588. The van der Waals surface area contributed by atoms with E-state index in [1.165, 1.54) is 20.0 Å². The van der Waals surface area contributed by atoms with Gasteiger partial charge in [0.25, 0.3) is 0 Å². The summed E-state index contributed by atoms with van der Waals surface area (Å²) in [5.41, 5.74) is 0.990. The van der Waals surface area contributed by atoms with Crippen LogP contribution in [0.3, 0.4) is 0 Å². The highest BCUT2D eigenvalue weighted by Gasteiger charge is 2.35. The Morgan fingerprint density at radius 1 is 1.23 bits per heavy atom. The molecule has 2 saturated heterocycles. The van der Waals surface area contributed by atoms with Gasteiger partial charge < -0.3 is 19.5 Å². The lowest BCUT2D eigenvalue weighted by atomic mass is 10.0. The lowest BCUT2D eigenvalue weighted by Gasteiger charge is -2.30. The van der Waals surface area contributed by atoms with E-state index < -0.39 is 6.10 Å². The Kier molecular flexibility index (Phi) is 3.54. The highest BCUT2D eigenvalue weighted by Crippen LogP contribution is 2.33. The van der Waals surface area contributed by atoms with Crippen molar-refractivity contribution in [2.75, 3.05) is 7.11 Å². The zero-order chi connectivity index (χ0) is 15.1. The molecule has 5 nitrogen and oxygen atoms in total. The third kappa shape index (κ3) is 2.59. The van der Waals surface area contributed by atoms with E-state index in [9.17, 15) is 4.79 Å². The Balaban J connectivity index is 1.48. The van der Waals surface area contributed by atoms with Crippen molar-refractivity contribution in [1.29, 1.82) is 0 Å². The molecule has 2 fully saturated rings. The Morgan fingerprint density at radius 3 is 2.73 bits per heavy atom. The van der Waals surface area contributed by atoms with Gasteiger partial charge in [-0.1, -0.05) is 6.07 Å². The van der Waals surface area contributed by atoms with Crippen molar-refractivity contribution in [3.63, 3.8) is 0 Å². The van der Waals surface area contributed by atoms with E-state index in [0.717, 1.165) is 24.2 Å². The number of nitrogens with one attached hydrogen (secondary N) is 1. The zero-order valence-corrected chi connectivity index (χ0v) is 12.7. The van der Waals surface area contributed by atoms with Crippen LogP contribution in [-0.2, 0) is 16.0 Å². The molecule has 0 aliphatic carbocycles. The minimum Gasteiger partial charge on any atom is -0.490 e. The lowest BCUT2D eigenvalue weighted by Crippen LogP contribution is -2.42. The monoisotopic (exact) mass is 303 g/mol. The van der Waals surface area contributed by atoms with Crippen molar-refractivity contribution < 1.29 is 19.0 Å². The summed E-state index contributed by atoms with van der Waals surface area (Å²) in [6.45, 7) is 0. The van der Waals surface area contributed by atoms with Crippen LogP contribution in [0.25, 0.3) is 0 Å². The number of rotatable bonds is 3. The van der Waals surface area contributed by atoms with Gasteiger partial charge in [0.05, 0.1) is 0 Å². The smallest absolute Gasteiger partial charge is 0.340 e. The summed E-state index contributed by atoms with van der Waals surface area (Å²) in [5, 5.41) is 3.61. The molecule has 3 heterocycles. The molecule has 1 aromatic carbocycles. The van der Waals surface area contributed by atoms with Crippen LogP contribution in [0.4, 0.5) is 0 Å². The van der Waals surface area contributed by atoms with E-state index in [1.54, 1.807) is 0 Å². The van der Waals surface area contributed by atoms with Gasteiger partial charge in [0.2, 0.25) is 0 Å². The van der Waals surface area contributed by atoms with Gasteiger partial charge in [-0.25, -0.2) is 4.79 Å². The highest BCUT2D eigenvalue weighted by molar-refractivity contribution is 5.80. The van der Waals surface area contributed by atoms with Gasteiger partial charge in [-0.3, -0.25) is 0 Å². The first kappa shape index (κ1) is 14.0. The van der Waals surface area contributed by atoms with Crippen molar-refractivity contribution in [2.24, 2.45) is 0 Å². The number of piperidine rings is 1. The highest BCUT2D eigenvalue weighted by atomic mass is 16.6. The second-order valence-corrected chi connectivity index (χ2v) is 6.47. The van der Waals surface area contributed by atoms with Crippen LogP contribution in [0, 0.1) is 0 Å². The minimum atomic E-state index is -0.501. The normalized spacial score (nSPS) is 33.2. The molecule has 2 unspecified atom stereocenters.